The molecule has 0 aliphatic rings. The maximum absolute atomic E-state index is 11.3. The Labute approximate surface area is 107 Å². The predicted octanol–water partition coefficient (Wildman–Crippen LogP) is 0.621. The number of aromatic nitrogens is 2. The zero-order valence-electron chi connectivity index (χ0n) is 11.3. The van der Waals surface area contributed by atoms with Crippen LogP contribution >= 0.6 is 0 Å². The van der Waals surface area contributed by atoms with Crippen LogP contribution in [-0.4, -0.2) is 35.2 Å². The van der Waals surface area contributed by atoms with Crippen molar-refractivity contribution in [3.8, 4) is 0 Å². The Kier molecular flexibility index (Phi) is 4.61. The van der Waals surface area contributed by atoms with Crippen molar-refractivity contribution < 1.29 is 4.79 Å². The second kappa shape index (κ2) is 5.77. The Hall–Kier alpha value is -1.69. The molecule has 0 bridgehead atoms. The van der Waals surface area contributed by atoms with E-state index in [9.17, 15) is 4.79 Å². The number of anilines is 1. The molecular formula is C12H21N5O. The summed E-state index contributed by atoms with van der Waals surface area (Å²) in [5.74, 6) is 0.715. The third-order valence-corrected chi connectivity index (χ3v) is 3.24. The summed E-state index contributed by atoms with van der Waals surface area (Å²) in [5.41, 5.74) is 5.83. The number of rotatable bonds is 5. The molecule has 4 N–H and O–H groups in total. The van der Waals surface area contributed by atoms with Crippen molar-refractivity contribution in [2.45, 2.75) is 26.3 Å². The summed E-state index contributed by atoms with van der Waals surface area (Å²) in [4.78, 5) is 11.3. The van der Waals surface area contributed by atoms with Crippen molar-refractivity contribution in [3.63, 3.8) is 0 Å². The molecule has 1 amide bonds. The molecule has 1 rings (SSSR count). The van der Waals surface area contributed by atoms with Crippen molar-refractivity contribution in [2.24, 2.45) is 11.7 Å². The van der Waals surface area contributed by atoms with Crippen LogP contribution in [-0.2, 0) is 0 Å². The highest BCUT2D eigenvalue weighted by atomic mass is 16.1. The molecule has 0 radical (unpaired) electrons. The number of carbonyl (C=O) groups is 1. The van der Waals surface area contributed by atoms with E-state index in [1.165, 1.54) is 0 Å². The van der Waals surface area contributed by atoms with Crippen LogP contribution in [0, 0.1) is 5.92 Å². The molecule has 6 nitrogen and oxygen atoms in total. The molecule has 0 spiro atoms. The maximum Gasteiger partial charge on any atom is 0.271 e. The van der Waals surface area contributed by atoms with Gasteiger partial charge in [-0.1, -0.05) is 13.8 Å². The topological polar surface area (TPSA) is 92.9 Å². The zero-order valence-corrected chi connectivity index (χ0v) is 11.3. The van der Waals surface area contributed by atoms with Crippen LogP contribution in [0.1, 0.15) is 31.3 Å². The third kappa shape index (κ3) is 3.16. The van der Waals surface area contributed by atoms with E-state index in [-0.39, 0.29) is 11.4 Å². The Morgan fingerprint density at radius 2 is 2.11 bits per heavy atom. The van der Waals surface area contributed by atoms with Gasteiger partial charge in [-0.25, -0.2) is 0 Å². The van der Waals surface area contributed by atoms with E-state index in [1.54, 1.807) is 19.2 Å². The number of hydrogen-bond donors (Lipinski definition) is 3. The SMILES string of the molecule is CNC(=O)c1ccc(NC(C)(CN)C(C)C)nn1. The van der Waals surface area contributed by atoms with Crippen molar-refractivity contribution >= 4 is 11.7 Å². The van der Waals surface area contributed by atoms with Gasteiger partial charge in [-0.05, 0) is 25.0 Å². The molecule has 0 saturated carbocycles. The fourth-order valence-electron chi connectivity index (χ4n) is 1.37. The summed E-state index contributed by atoms with van der Waals surface area (Å²) in [6.45, 7) is 6.70. The second-order valence-corrected chi connectivity index (χ2v) is 4.78. The Morgan fingerprint density at radius 3 is 2.50 bits per heavy atom. The van der Waals surface area contributed by atoms with Gasteiger partial charge < -0.3 is 16.4 Å². The molecule has 0 aliphatic heterocycles. The second-order valence-electron chi connectivity index (χ2n) is 4.78. The van der Waals surface area contributed by atoms with Gasteiger partial charge in [0, 0.05) is 13.6 Å². The fraction of sp³-hybridized carbons (Fsp3) is 0.583. The van der Waals surface area contributed by atoms with Crippen LogP contribution in [0.15, 0.2) is 12.1 Å². The zero-order chi connectivity index (χ0) is 13.8. The van der Waals surface area contributed by atoms with Gasteiger partial charge in [0.05, 0.1) is 5.54 Å². The normalized spacial score (nSPS) is 14.1. The molecule has 1 aromatic rings. The first kappa shape index (κ1) is 14.4. The number of carbonyl (C=O) groups excluding carboxylic acids is 1. The van der Waals surface area contributed by atoms with Gasteiger partial charge in [-0.2, -0.15) is 0 Å². The third-order valence-electron chi connectivity index (χ3n) is 3.24. The van der Waals surface area contributed by atoms with Crippen molar-refractivity contribution in [1.29, 1.82) is 0 Å². The van der Waals surface area contributed by atoms with Crippen LogP contribution in [0.4, 0.5) is 5.82 Å². The minimum absolute atomic E-state index is 0.247. The Bertz CT molecular complexity index is 403. The van der Waals surface area contributed by atoms with E-state index in [0.29, 0.717) is 24.0 Å². The molecule has 18 heavy (non-hydrogen) atoms. The Morgan fingerprint density at radius 1 is 1.44 bits per heavy atom. The van der Waals surface area contributed by atoms with Gasteiger partial charge in [-0.3, -0.25) is 4.79 Å². The van der Waals surface area contributed by atoms with Crippen LogP contribution in [0.25, 0.3) is 0 Å². The van der Waals surface area contributed by atoms with Gasteiger partial charge in [0.15, 0.2) is 5.69 Å². The average molecular weight is 251 g/mol. The molecule has 1 heterocycles. The molecule has 1 atom stereocenters. The van der Waals surface area contributed by atoms with Crippen molar-refractivity contribution in [3.05, 3.63) is 17.8 Å². The van der Waals surface area contributed by atoms with Crippen molar-refractivity contribution in [1.82, 2.24) is 15.5 Å². The van der Waals surface area contributed by atoms with E-state index in [2.05, 4.69) is 34.7 Å². The highest BCUT2D eigenvalue weighted by molar-refractivity contribution is 5.91. The first-order valence-electron chi connectivity index (χ1n) is 5.97. The van der Waals surface area contributed by atoms with Gasteiger partial charge in [0.2, 0.25) is 0 Å². The molecule has 0 aromatic carbocycles. The number of hydrogen-bond acceptors (Lipinski definition) is 5. The number of nitrogens with zero attached hydrogens (tertiary/aromatic N) is 2. The fourth-order valence-corrected chi connectivity index (χ4v) is 1.37. The summed E-state index contributed by atoms with van der Waals surface area (Å²) < 4.78 is 0. The summed E-state index contributed by atoms with van der Waals surface area (Å²) >= 11 is 0. The summed E-state index contributed by atoms with van der Waals surface area (Å²) in [5, 5.41) is 13.6. The average Bonchev–Trinajstić information content (AvgIpc) is 2.38. The smallest absolute Gasteiger partial charge is 0.271 e. The maximum atomic E-state index is 11.3. The molecule has 1 aromatic heterocycles. The lowest BCUT2D eigenvalue weighted by Gasteiger charge is -2.33. The van der Waals surface area contributed by atoms with Crippen molar-refractivity contribution in [2.75, 3.05) is 18.9 Å². The van der Waals surface area contributed by atoms with Gasteiger partial charge in [-0.15, -0.1) is 10.2 Å². The van der Waals surface area contributed by atoms with E-state index in [4.69, 9.17) is 5.73 Å². The summed E-state index contributed by atoms with van der Waals surface area (Å²) in [6, 6.07) is 3.36. The minimum atomic E-state index is -0.250. The van der Waals surface area contributed by atoms with Crippen LogP contribution < -0.4 is 16.4 Å². The number of nitrogens with one attached hydrogen (secondary N) is 2. The molecular weight excluding hydrogens is 230 g/mol. The lowest BCUT2D eigenvalue weighted by molar-refractivity contribution is 0.0957. The van der Waals surface area contributed by atoms with Gasteiger partial charge in [0.25, 0.3) is 5.91 Å². The molecule has 1 unspecified atom stereocenters. The standard InChI is InChI=1S/C12H21N5O/c1-8(2)12(3,7-13)15-10-6-5-9(16-17-10)11(18)14-4/h5-6,8H,7,13H2,1-4H3,(H,14,18)(H,15,17). The van der Waals surface area contributed by atoms with E-state index >= 15 is 0 Å². The van der Waals surface area contributed by atoms with Crippen LogP contribution in [0.5, 0.6) is 0 Å². The Balaban J connectivity index is 2.83. The van der Waals surface area contributed by atoms with Gasteiger partial charge in [0.1, 0.15) is 5.82 Å². The predicted molar refractivity (Wildman–Crippen MR) is 71.3 cm³/mol. The van der Waals surface area contributed by atoms with E-state index in [1.807, 2.05) is 6.92 Å². The quantitative estimate of drug-likeness (QED) is 0.713. The van der Waals surface area contributed by atoms with Crippen LogP contribution in [0.2, 0.25) is 0 Å². The largest absolute Gasteiger partial charge is 0.362 e. The first-order valence-corrected chi connectivity index (χ1v) is 5.97. The lowest BCUT2D eigenvalue weighted by Crippen LogP contribution is -2.47. The molecule has 6 heteroatoms. The first-order chi connectivity index (χ1) is 8.42. The summed E-state index contributed by atoms with van der Waals surface area (Å²) in [7, 11) is 1.56. The minimum Gasteiger partial charge on any atom is -0.362 e. The van der Waals surface area contributed by atoms with E-state index < -0.39 is 0 Å². The highest BCUT2D eigenvalue weighted by Crippen LogP contribution is 2.20. The molecule has 0 aliphatic carbocycles. The molecule has 100 valence electrons. The summed E-state index contributed by atoms with van der Waals surface area (Å²) in [6.07, 6.45) is 0. The molecule has 0 saturated heterocycles. The van der Waals surface area contributed by atoms with Crippen LogP contribution in [0.3, 0.4) is 0 Å². The highest BCUT2D eigenvalue weighted by Gasteiger charge is 2.26. The number of nitrogens with two attached hydrogens (primary N) is 1. The monoisotopic (exact) mass is 251 g/mol. The lowest BCUT2D eigenvalue weighted by atomic mass is 9.88. The molecule has 0 fully saturated rings. The number of amides is 1. The van der Waals surface area contributed by atoms with Gasteiger partial charge >= 0.3 is 0 Å². The van der Waals surface area contributed by atoms with E-state index in [0.717, 1.165) is 0 Å².